The summed E-state index contributed by atoms with van der Waals surface area (Å²) < 4.78 is 0. The highest BCUT2D eigenvalue weighted by Gasteiger charge is 2.33. The summed E-state index contributed by atoms with van der Waals surface area (Å²) in [6, 6.07) is 0.537. The van der Waals surface area contributed by atoms with Crippen LogP contribution in [-0.4, -0.2) is 151 Å². The third-order valence-corrected chi connectivity index (χ3v) is 10.6. The van der Waals surface area contributed by atoms with Crippen LogP contribution >= 0.6 is 11.8 Å². The van der Waals surface area contributed by atoms with Crippen molar-refractivity contribution >= 4 is 76.9 Å². The van der Waals surface area contributed by atoms with E-state index in [9.17, 15) is 53.1 Å². The predicted octanol–water partition coefficient (Wildman–Crippen LogP) is -4.04. The average molecular weight is 962 g/mol. The molecule has 1 aliphatic rings. The zero-order valence-corrected chi connectivity index (χ0v) is 39.0. The topological polar surface area (TPSA) is 390 Å². The zero-order chi connectivity index (χ0) is 49.9. The number of hydrogen-bond acceptors (Lipinski definition) is 13. The second-order valence-electron chi connectivity index (χ2n) is 16.1. The number of aliphatic imine (C=N–C) groups is 1. The smallest absolute Gasteiger partial charge is 0.305 e. The van der Waals surface area contributed by atoms with Crippen LogP contribution in [0.2, 0.25) is 0 Å². The molecule has 1 saturated heterocycles. The molecule has 0 bridgehead atoms. The van der Waals surface area contributed by atoms with Crippen LogP contribution in [0.1, 0.15) is 70.8 Å². The molecule has 0 saturated carbocycles. The SMILES string of the molecule is CSCC[C@@H]1NC(=O)[C@H](CC(=O)O)NC(=O)CNC(=O)[C@H](CCCCN)NC(=O)[C@H](CCCN=C(N)N)NC(=O)[C@H](Cc2ccccc2)NC(=O)[C@H](CC(C)C)NC(=O)CNC(=O)CNC1=O. The highest BCUT2D eigenvalue weighted by molar-refractivity contribution is 7.98. The van der Waals surface area contributed by atoms with E-state index in [1.54, 1.807) is 50.4 Å². The standard InChI is InChI=1S/C42H67N13O11S/c1-24(2)18-29-39(64)55-30(19-25-10-5-4-6-11-25)40(65)53-27(13-9-16-46-42(44)45)38(63)52-26(12-7-8-15-43)36(61)49-23-34(58)51-31(20-35(59)60)41(66)54-28(14-17-67-3)37(62)48-21-32(56)47-22-33(57)50-29/h4-6,10-11,24,26-31H,7-9,12-23,43H2,1-3H3,(H,47,56)(H,48,62)(H,49,61)(H,50,57)(H,51,58)(H,52,63)(H,53,65)(H,54,66)(H,55,64)(H,59,60)(H4,44,45,46)/t26-,27-,28-,29-,30-,31-/m0/s1. The van der Waals surface area contributed by atoms with E-state index in [1.807, 2.05) is 0 Å². The van der Waals surface area contributed by atoms with Gasteiger partial charge in [-0.1, -0.05) is 44.2 Å². The summed E-state index contributed by atoms with van der Waals surface area (Å²) in [7, 11) is 0. The van der Waals surface area contributed by atoms with Gasteiger partial charge in [-0.25, -0.2) is 0 Å². The first-order valence-electron chi connectivity index (χ1n) is 22.0. The molecular formula is C42H67N13O11S. The first-order chi connectivity index (χ1) is 31.8. The fourth-order valence-corrected chi connectivity index (χ4v) is 7.06. The van der Waals surface area contributed by atoms with Crippen molar-refractivity contribution < 1.29 is 53.1 Å². The van der Waals surface area contributed by atoms with Crippen LogP contribution in [0.4, 0.5) is 0 Å². The molecule has 0 aromatic heterocycles. The summed E-state index contributed by atoms with van der Waals surface area (Å²) in [5.41, 5.74) is 17.3. The molecule has 0 unspecified atom stereocenters. The minimum absolute atomic E-state index is 0.0331. The summed E-state index contributed by atoms with van der Waals surface area (Å²) in [6.07, 6.45) is 1.87. The summed E-state index contributed by atoms with van der Waals surface area (Å²) in [5, 5.41) is 32.0. The molecule has 1 aromatic rings. The van der Waals surface area contributed by atoms with Gasteiger partial charge in [0.1, 0.15) is 36.3 Å². The average Bonchev–Trinajstić information content (AvgIpc) is 3.27. The quantitative estimate of drug-likeness (QED) is 0.0402. The molecule has 1 heterocycles. The molecule has 6 atom stereocenters. The fraction of sp³-hybridized carbons (Fsp3) is 0.595. The maximum Gasteiger partial charge on any atom is 0.305 e. The lowest BCUT2D eigenvalue weighted by molar-refractivity contribution is -0.141. The van der Waals surface area contributed by atoms with E-state index in [2.05, 4.69) is 52.8 Å². The van der Waals surface area contributed by atoms with E-state index in [0.29, 0.717) is 24.2 Å². The van der Waals surface area contributed by atoms with E-state index in [0.717, 1.165) is 0 Å². The van der Waals surface area contributed by atoms with Crippen molar-refractivity contribution in [3.05, 3.63) is 35.9 Å². The Kier molecular flexibility index (Phi) is 25.9. The van der Waals surface area contributed by atoms with Crippen LogP contribution < -0.4 is 65.1 Å². The number of nitrogens with one attached hydrogen (secondary N) is 9. The van der Waals surface area contributed by atoms with E-state index in [1.165, 1.54) is 11.8 Å². The van der Waals surface area contributed by atoms with Crippen LogP contribution in [0.5, 0.6) is 0 Å². The number of carbonyl (C=O) groups is 10. The van der Waals surface area contributed by atoms with Crippen molar-refractivity contribution in [3.63, 3.8) is 0 Å². The number of nitrogens with zero attached hydrogens (tertiary/aromatic N) is 1. The number of guanidine groups is 1. The van der Waals surface area contributed by atoms with E-state index < -0.39 is 121 Å². The molecule has 1 fully saturated rings. The van der Waals surface area contributed by atoms with Crippen molar-refractivity contribution in [1.29, 1.82) is 0 Å². The van der Waals surface area contributed by atoms with Gasteiger partial charge < -0.3 is 70.2 Å². The van der Waals surface area contributed by atoms with E-state index in [-0.39, 0.29) is 63.5 Å². The Bertz CT molecular complexity index is 1890. The first-order valence-corrected chi connectivity index (χ1v) is 23.3. The Morgan fingerprint density at radius 2 is 1.13 bits per heavy atom. The third kappa shape index (κ3) is 23.0. The number of hydrogen-bond donors (Lipinski definition) is 13. The molecule has 1 aromatic carbocycles. The maximum atomic E-state index is 14.2. The number of carboxylic acids is 1. The highest BCUT2D eigenvalue weighted by Crippen LogP contribution is 2.11. The number of carbonyl (C=O) groups excluding carboxylic acids is 9. The van der Waals surface area contributed by atoms with Gasteiger partial charge in [0.15, 0.2) is 5.96 Å². The maximum absolute atomic E-state index is 14.2. The number of thioether (sulfide) groups is 1. The van der Waals surface area contributed by atoms with Gasteiger partial charge in [-0.2, -0.15) is 11.8 Å². The number of nitrogens with two attached hydrogens (primary N) is 3. The zero-order valence-electron chi connectivity index (χ0n) is 38.2. The van der Waals surface area contributed by atoms with Crippen molar-refractivity contribution in [2.75, 3.05) is 44.7 Å². The first kappa shape index (κ1) is 56.6. The molecule has 16 N–H and O–H groups in total. The van der Waals surface area contributed by atoms with Crippen LogP contribution in [-0.2, 0) is 54.4 Å². The largest absolute Gasteiger partial charge is 0.481 e. The van der Waals surface area contributed by atoms with Crippen molar-refractivity contribution in [1.82, 2.24) is 47.9 Å². The molecule has 0 radical (unpaired) electrons. The normalized spacial score (nSPS) is 22.6. The van der Waals surface area contributed by atoms with Crippen LogP contribution in [0.3, 0.4) is 0 Å². The molecule has 1 aliphatic heterocycles. The molecular weight excluding hydrogens is 895 g/mol. The lowest BCUT2D eigenvalue weighted by Crippen LogP contribution is -2.59. The van der Waals surface area contributed by atoms with E-state index in [4.69, 9.17) is 17.2 Å². The second-order valence-corrected chi connectivity index (χ2v) is 17.1. The Labute approximate surface area is 393 Å². The number of rotatable bonds is 17. The van der Waals surface area contributed by atoms with Crippen LogP contribution in [0, 0.1) is 5.92 Å². The number of benzene rings is 1. The summed E-state index contributed by atoms with van der Waals surface area (Å²) in [5.74, 6) is -9.13. The Morgan fingerprint density at radius 3 is 1.70 bits per heavy atom. The second kappa shape index (κ2) is 30.7. The van der Waals surface area contributed by atoms with Crippen molar-refractivity contribution in [3.8, 4) is 0 Å². The van der Waals surface area contributed by atoms with Gasteiger partial charge in [0, 0.05) is 13.0 Å². The molecule has 2 rings (SSSR count). The van der Waals surface area contributed by atoms with E-state index >= 15 is 0 Å². The fourth-order valence-electron chi connectivity index (χ4n) is 6.59. The monoisotopic (exact) mass is 961 g/mol. The Morgan fingerprint density at radius 1 is 0.642 bits per heavy atom. The lowest BCUT2D eigenvalue weighted by Gasteiger charge is -2.27. The van der Waals surface area contributed by atoms with Crippen LogP contribution in [0.25, 0.3) is 0 Å². The molecule has 0 aliphatic carbocycles. The number of aliphatic carboxylic acids is 1. The summed E-state index contributed by atoms with van der Waals surface area (Å²) in [4.78, 5) is 137. The van der Waals surface area contributed by atoms with Gasteiger partial charge in [-0.05, 0) is 75.0 Å². The minimum Gasteiger partial charge on any atom is -0.481 e. The number of unbranched alkanes of at least 4 members (excludes halogenated alkanes) is 1. The highest BCUT2D eigenvalue weighted by atomic mass is 32.2. The van der Waals surface area contributed by atoms with Gasteiger partial charge in [-0.3, -0.25) is 52.9 Å². The lowest BCUT2D eigenvalue weighted by atomic mass is 10.0. The van der Waals surface area contributed by atoms with Gasteiger partial charge in [0.2, 0.25) is 53.2 Å². The van der Waals surface area contributed by atoms with Gasteiger partial charge in [0.05, 0.1) is 26.1 Å². The third-order valence-electron chi connectivity index (χ3n) is 10.00. The van der Waals surface area contributed by atoms with Crippen LogP contribution in [0.15, 0.2) is 35.3 Å². The number of amides is 9. The molecule has 24 nitrogen and oxygen atoms in total. The van der Waals surface area contributed by atoms with Crippen molar-refractivity contribution in [2.24, 2.45) is 28.1 Å². The molecule has 25 heteroatoms. The van der Waals surface area contributed by atoms with Crippen molar-refractivity contribution in [2.45, 2.75) is 108 Å². The summed E-state index contributed by atoms with van der Waals surface area (Å²) >= 11 is 1.33. The predicted molar refractivity (Wildman–Crippen MR) is 248 cm³/mol. The minimum atomic E-state index is -1.72. The molecule has 9 amide bonds. The number of carboxylic acid groups (broad SMARTS) is 1. The van der Waals surface area contributed by atoms with Gasteiger partial charge in [-0.15, -0.1) is 0 Å². The Balaban J connectivity index is 2.62. The molecule has 0 spiro atoms. The molecule has 67 heavy (non-hydrogen) atoms. The molecule has 372 valence electrons. The summed E-state index contributed by atoms with van der Waals surface area (Å²) in [6.45, 7) is 1.90. The van der Waals surface area contributed by atoms with Gasteiger partial charge in [0.25, 0.3) is 0 Å². The van der Waals surface area contributed by atoms with Gasteiger partial charge >= 0.3 is 5.97 Å². The Hall–Kier alpha value is -6.50.